The number of nitrogens with zero attached hydrogens (tertiary/aromatic N) is 3. The maximum absolute atomic E-state index is 12.6. The van der Waals surface area contributed by atoms with Crippen molar-refractivity contribution in [3.8, 4) is 0 Å². The van der Waals surface area contributed by atoms with Crippen LogP contribution in [0.2, 0.25) is 0 Å². The highest BCUT2D eigenvalue weighted by Gasteiger charge is 2.29. The van der Waals surface area contributed by atoms with E-state index in [9.17, 15) is 9.59 Å². The molecule has 29 heavy (non-hydrogen) atoms. The van der Waals surface area contributed by atoms with Crippen molar-refractivity contribution >= 4 is 24.0 Å². The second-order valence-corrected chi connectivity index (χ2v) is 8.29. The van der Waals surface area contributed by atoms with Crippen LogP contribution >= 0.6 is 12.2 Å². The Hall–Kier alpha value is -2.48. The number of H-pyrrole nitrogens is 1. The predicted octanol–water partition coefficient (Wildman–Crippen LogP) is 2.76. The lowest BCUT2D eigenvalue weighted by Gasteiger charge is -2.31. The SMILES string of the molecule is O=C(NCc1n[nH]c(=S)n1C1CC1)C1CCN(C(=O)CCc2ccccc2)CC1. The third kappa shape index (κ3) is 4.93. The Morgan fingerprint density at radius 3 is 2.55 bits per heavy atom. The first kappa shape index (κ1) is 19.8. The van der Waals surface area contributed by atoms with E-state index in [1.807, 2.05) is 39.8 Å². The Labute approximate surface area is 175 Å². The standard InChI is InChI=1S/C21H27N5O2S/c27-19(9-6-15-4-2-1-3-5-15)25-12-10-16(11-13-25)20(28)22-14-18-23-24-21(29)26(18)17-7-8-17/h1-5,16-17H,6-14H2,(H,22,28)(H,24,29). The van der Waals surface area contributed by atoms with Crippen molar-refractivity contribution in [2.24, 2.45) is 5.92 Å². The summed E-state index contributed by atoms with van der Waals surface area (Å²) in [5, 5.41) is 10.1. The minimum absolute atomic E-state index is 0.0395. The Kier molecular flexibility index (Phi) is 6.08. The van der Waals surface area contributed by atoms with Gasteiger partial charge in [-0.2, -0.15) is 5.10 Å². The van der Waals surface area contributed by atoms with Crippen LogP contribution < -0.4 is 5.32 Å². The van der Waals surface area contributed by atoms with Crippen molar-refractivity contribution in [3.05, 3.63) is 46.5 Å². The lowest BCUT2D eigenvalue weighted by atomic mass is 9.95. The van der Waals surface area contributed by atoms with Crippen LogP contribution in [0, 0.1) is 10.7 Å². The van der Waals surface area contributed by atoms with Gasteiger partial charge in [0.1, 0.15) is 0 Å². The molecule has 2 aromatic rings. The van der Waals surface area contributed by atoms with E-state index in [0.29, 0.717) is 49.7 Å². The van der Waals surface area contributed by atoms with E-state index >= 15 is 0 Å². The third-order valence-corrected chi connectivity index (χ3v) is 6.09. The fraction of sp³-hybridized carbons (Fsp3) is 0.524. The summed E-state index contributed by atoms with van der Waals surface area (Å²) in [6, 6.07) is 10.5. The third-order valence-electron chi connectivity index (χ3n) is 5.80. The molecule has 1 aromatic carbocycles. The van der Waals surface area contributed by atoms with Crippen LogP contribution in [0.4, 0.5) is 0 Å². The number of carbonyl (C=O) groups excluding carboxylic acids is 2. The van der Waals surface area contributed by atoms with Crippen molar-refractivity contribution in [2.75, 3.05) is 13.1 Å². The molecule has 4 rings (SSSR count). The molecule has 0 unspecified atom stereocenters. The zero-order chi connectivity index (χ0) is 20.2. The fourth-order valence-electron chi connectivity index (χ4n) is 3.93. The molecule has 2 aliphatic rings. The van der Waals surface area contributed by atoms with Gasteiger partial charge in [-0.3, -0.25) is 19.3 Å². The van der Waals surface area contributed by atoms with Gasteiger partial charge in [0.25, 0.3) is 0 Å². The van der Waals surface area contributed by atoms with E-state index in [2.05, 4.69) is 15.5 Å². The number of piperidine rings is 1. The Morgan fingerprint density at radius 1 is 1.14 bits per heavy atom. The van der Waals surface area contributed by atoms with Gasteiger partial charge in [0.2, 0.25) is 11.8 Å². The molecular formula is C21H27N5O2S. The van der Waals surface area contributed by atoms with Crippen molar-refractivity contribution < 1.29 is 9.59 Å². The minimum atomic E-state index is -0.0514. The normalized spacial score (nSPS) is 17.3. The zero-order valence-electron chi connectivity index (χ0n) is 16.5. The number of carbonyl (C=O) groups is 2. The first-order chi connectivity index (χ1) is 14.1. The zero-order valence-corrected chi connectivity index (χ0v) is 17.3. The van der Waals surface area contributed by atoms with Crippen molar-refractivity contribution in [3.63, 3.8) is 0 Å². The minimum Gasteiger partial charge on any atom is -0.349 e. The Bertz CT molecular complexity index is 911. The molecule has 2 heterocycles. The summed E-state index contributed by atoms with van der Waals surface area (Å²) < 4.78 is 2.64. The van der Waals surface area contributed by atoms with Crippen molar-refractivity contribution in [1.82, 2.24) is 25.0 Å². The predicted molar refractivity (Wildman–Crippen MR) is 112 cm³/mol. The van der Waals surface area contributed by atoms with Crippen LogP contribution in [0.15, 0.2) is 30.3 Å². The van der Waals surface area contributed by atoms with Gasteiger partial charge in [-0.1, -0.05) is 30.3 Å². The topological polar surface area (TPSA) is 83.0 Å². The summed E-state index contributed by atoms with van der Waals surface area (Å²) in [7, 11) is 0. The van der Waals surface area contributed by atoms with Crippen molar-refractivity contribution in [1.29, 1.82) is 0 Å². The van der Waals surface area contributed by atoms with Crippen LogP contribution in [-0.4, -0.2) is 44.6 Å². The quantitative estimate of drug-likeness (QED) is 0.684. The summed E-state index contributed by atoms with van der Waals surface area (Å²) in [4.78, 5) is 26.9. The number of aryl methyl sites for hydroxylation is 1. The molecule has 7 nitrogen and oxygen atoms in total. The number of benzene rings is 1. The number of amides is 2. The van der Waals surface area contributed by atoms with Gasteiger partial charge < -0.3 is 10.2 Å². The van der Waals surface area contributed by atoms with E-state index in [1.165, 1.54) is 5.56 Å². The Morgan fingerprint density at radius 2 is 1.86 bits per heavy atom. The molecule has 1 saturated heterocycles. The first-order valence-corrected chi connectivity index (χ1v) is 10.8. The number of hydrogen-bond donors (Lipinski definition) is 2. The van der Waals surface area contributed by atoms with Crippen LogP contribution in [0.1, 0.15) is 49.5 Å². The number of aromatic nitrogens is 3. The van der Waals surface area contributed by atoms with Gasteiger partial charge in [0.15, 0.2) is 10.6 Å². The maximum atomic E-state index is 12.6. The number of aromatic amines is 1. The molecule has 154 valence electrons. The van der Waals surface area contributed by atoms with E-state index < -0.39 is 0 Å². The van der Waals surface area contributed by atoms with Gasteiger partial charge in [-0.05, 0) is 49.9 Å². The number of nitrogens with one attached hydrogen (secondary N) is 2. The average Bonchev–Trinajstić information content (AvgIpc) is 3.53. The molecule has 2 N–H and O–H groups in total. The maximum Gasteiger partial charge on any atom is 0.223 e. The molecule has 0 radical (unpaired) electrons. The molecule has 0 spiro atoms. The Balaban J connectivity index is 1.21. The highest BCUT2D eigenvalue weighted by Crippen LogP contribution is 2.35. The average molecular weight is 414 g/mol. The van der Waals surface area contributed by atoms with Gasteiger partial charge in [-0.15, -0.1) is 0 Å². The smallest absolute Gasteiger partial charge is 0.223 e. The number of rotatable bonds is 7. The summed E-state index contributed by atoms with van der Waals surface area (Å²) in [6.45, 7) is 1.68. The largest absolute Gasteiger partial charge is 0.349 e. The molecule has 0 atom stereocenters. The molecule has 0 bridgehead atoms. The summed E-state index contributed by atoms with van der Waals surface area (Å²) in [6.07, 6.45) is 4.92. The monoisotopic (exact) mass is 413 g/mol. The van der Waals surface area contributed by atoms with E-state index in [4.69, 9.17) is 12.2 Å². The van der Waals surface area contributed by atoms with E-state index in [-0.39, 0.29) is 17.7 Å². The number of likely N-dealkylation sites (tertiary alicyclic amines) is 1. The molecular weight excluding hydrogens is 386 g/mol. The van der Waals surface area contributed by atoms with Crippen LogP contribution in [0.3, 0.4) is 0 Å². The summed E-state index contributed by atoms with van der Waals surface area (Å²) in [5.41, 5.74) is 1.18. The molecule has 8 heteroatoms. The second kappa shape index (κ2) is 8.90. The molecule has 1 aliphatic carbocycles. The first-order valence-electron chi connectivity index (χ1n) is 10.4. The molecule has 2 amide bonds. The van der Waals surface area contributed by atoms with Crippen LogP contribution in [0.5, 0.6) is 0 Å². The lowest BCUT2D eigenvalue weighted by molar-refractivity contribution is -0.135. The molecule has 1 aromatic heterocycles. The second-order valence-electron chi connectivity index (χ2n) is 7.90. The van der Waals surface area contributed by atoms with Gasteiger partial charge in [0.05, 0.1) is 6.54 Å². The van der Waals surface area contributed by atoms with Crippen LogP contribution in [0.25, 0.3) is 0 Å². The molecule has 1 saturated carbocycles. The van der Waals surface area contributed by atoms with Crippen molar-refractivity contribution in [2.45, 2.75) is 51.1 Å². The fourth-order valence-corrected chi connectivity index (χ4v) is 4.23. The summed E-state index contributed by atoms with van der Waals surface area (Å²) in [5.74, 6) is 0.953. The van der Waals surface area contributed by atoms with Gasteiger partial charge in [0, 0.05) is 31.5 Å². The highest BCUT2D eigenvalue weighted by molar-refractivity contribution is 7.71. The van der Waals surface area contributed by atoms with Crippen LogP contribution in [-0.2, 0) is 22.6 Å². The van der Waals surface area contributed by atoms with Gasteiger partial charge in [-0.25, -0.2) is 0 Å². The molecule has 2 fully saturated rings. The van der Waals surface area contributed by atoms with Gasteiger partial charge >= 0.3 is 0 Å². The number of hydrogen-bond acceptors (Lipinski definition) is 4. The van der Waals surface area contributed by atoms with E-state index in [1.54, 1.807) is 0 Å². The lowest BCUT2D eigenvalue weighted by Crippen LogP contribution is -2.43. The van der Waals surface area contributed by atoms with E-state index in [0.717, 1.165) is 25.1 Å². The molecule has 1 aliphatic heterocycles. The highest BCUT2D eigenvalue weighted by atomic mass is 32.1. The summed E-state index contributed by atoms with van der Waals surface area (Å²) >= 11 is 5.28.